The lowest BCUT2D eigenvalue weighted by Gasteiger charge is -2.34. The molecule has 7 heterocycles. The van der Waals surface area contributed by atoms with Crippen molar-refractivity contribution in [2.45, 2.75) is 90.3 Å². The topological polar surface area (TPSA) is 228 Å². The number of H-pyrrole nitrogens is 1. The normalized spacial score (nSPS) is 21.2. The standard InChI is InChI=1S/C18H27BN2O3.C18H22N6O2S.C11H17ClN4O2S/c1-17(2)18(3,4)24-19(23-17)14-8-7-9-15(13(14)12-20)21-16-10-5-6-11-22-16;1-12-11-26-8-7-24(12)17-9-16(23-27(2,3)25)20-18(21-17)13-5-4-6-15-14(13)10-19-22-15;1-8-7-18-5-4-16(8)10-6-9(13-11(12)14-10)15-19(2,3)17/h7-9,12,16,20-21H,5-6,10-11H2,1-4H3;4-6,9-10,12H,7-8,11H2,1-3H3,(H,19,22);6,8H,4-5,7H2,1-3H3/t;12-;8-/m.11/s1. The van der Waals surface area contributed by atoms with Crippen molar-refractivity contribution in [3.05, 3.63) is 65.6 Å². The summed E-state index contributed by atoms with van der Waals surface area (Å²) in [4.78, 5) is 21.8. The Morgan fingerprint density at radius 1 is 0.829 bits per heavy atom. The number of aromatic nitrogens is 6. The molecule has 4 aliphatic rings. The zero-order chi connectivity index (χ0) is 50.4. The fourth-order valence-corrected chi connectivity index (χ4v) is 9.41. The first kappa shape index (κ1) is 53.0. The van der Waals surface area contributed by atoms with E-state index in [0.29, 0.717) is 49.7 Å². The minimum absolute atomic E-state index is 0.00555. The Bertz CT molecular complexity index is 2870. The lowest BCUT2D eigenvalue weighted by molar-refractivity contribution is 0.00578. The van der Waals surface area contributed by atoms with E-state index in [1.54, 1.807) is 43.4 Å². The summed E-state index contributed by atoms with van der Waals surface area (Å²) in [6.45, 7) is 17.1. The number of halogens is 1. The predicted octanol–water partition coefficient (Wildman–Crippen LogP) is 7.24. The maximum absolute atomic E-state index is 12.3. The molecule has 23 heteroatoms. The lowest BCUT2D eigenvalue weighted by atomic mass is 9.75. The number of morpholine rings is 2. The molecule has 0 spiro atoms. The second kappa shape index (κ2) is 22.3. The maximum atomic E-state index is 12.3. The molecule has 0 radical (unpaired) electrons. The SMILES string of the molecule is CC1(C)OB(c2cccc(NC3CCCCO3)c2C=N)OC1(C)C.C[C@@H]1COCCN1c1cc(N=S(C)(C)=O)nc(-c2cccc3[nH]ncc23)n1.C[C@@H]1COCCN1c1cc(N=S(C)(C)=O)nc(Cl)n1. The molecule has 0 aliphatic carbocycles. The molecule has 19 nitrogen and oxygen atoms in total. The van der Waals surface area contributed by atoms with E-state index in [0.717, 1.165) is 78.0 Å². The van der Waals surface area contributed by atoms with E-state index < -0.39 is 37.8 Å². The number of ether oxygens (including phenoxy) is 3. The van der Waals surface area contributed by atoms with Gasteiger partial charge in [0.05, 0.1) is 61.4 Å². The third-order valence-corrected chi connectivity index (χ3v) is 13.8. The first-order valence-electron chi connectivity index (χ1n) is 23.4. The zero-order valence-corrected chi connectivity index (χ0v) is 44.1. The predicted molar refractivity (Wildman–Crippen MR) is 281 cm³/mol. The van der Waals surface area contributed by atoms with Crippen molar-refractivity contribution in [2.24, 2.45) is 8.73 Å². The molecule has 378 valence electrons. The van der Waals surface area contributed by atoms with E-state index in [-0.39, 0.29) is 23.6 Å². The van der Waals surface area contributed by atoms with Gasteiger partial charge in [-0.2, -0.15) is 18.8 Å². The molecular formula is C47H66BClN12O7S2. The molecule has 9 rings (SSSR count). The Balaban J connectivity index is 0.000000157. The van der Waals surface area contributed by atoms with Gasteiger partial charge in [-0.3, -0.25) is 5.10 Å². The van der Waals surface area contributed by atoms with Crippen molar-refractivity contribution >= 4 is 89.7 Å². The van der Waals surface area contributed by atoms with Crippen LogP contribution in [0.15, 0.2) is 63.5 Å². The highest BCUT2D eigenvalue weighted by Crippen LogP contribution is 2.37. The van der Waals surface area contributed by atoms with Gasteiger partial charge in [0.1, 0.15) is 17.9 Å². The van der Waals surface area contributed by atoms with Gasteiger partial charge >= 0.3 is 7.12 Å². The summed E-state index contributed by atoms with van der Waals surface area (Å²) in [6.07, 6.45) is 12.7. The molecule has 0 bridgehead atoms. The number of hydrogen-bond donors (Lipinski definition) is 3. The van der Waals surface area contributed by atoms with E-state index in [1.165, 1.54) is 6.21 Å². The van der Waals surface area contributed by atoms with E-state index in [1.807, 2.05) is 64.1 Å². The summed E-state index contributed by atoms with van der Waals surface area (Å²) < 4.78 is 61.4. The summed E-state index contributed by atoms with van der Waals surface area (Å²) in [5.41, 5.74) is 3.55. The van der Waals surface area contributed by atoms with Crippen molar-refractivity contribution in [3.8, 4) is 11.4 Å². The summed E-state index contributed by atoms with van der Waals surface area (Å²) in [5.74, 6) is 2.77. The van der Waals surface area contributed by atoms with E-state index in [4.69, 9.17) is 45.5 Å². The molecule has 3 aromatic heterocycles. The van der Waals surface area contributed by atoms with Crippen molar-refractivity contribution in [3.63, 3.8) is 0 Å². The fourth-order valence-electron chi connectivity index (χ4n) is 8.15. The van der Waals surface area contributed by atoms with Gasteiger partial charge in [0.15, 0.2) is 17.5 Å². The van der Waals surface area contributed by atoms with Gasteiger partial charge in [0.2, 0.25) is 5.28 Å². The molecule has 4 saturated heterocycles. The average Bonchev–Trinajstić information content (AvgIpc) is 3.86. The molecule has 0 amide bonds. The van der Waals surface area contributed by atoms with Crippen LogP contribution < -0.4 is 20.6 Å². The number of aromatic amines is 1. The van der Waals surface area contributed by atoms with Gasteiger partial charge in [-0.05, 0) is 90.0 Å². The summed E-state index contributed by atoms with van der Waals surface area (Å²) in [6, 6.07) is 15.7. The van der Waals surface area contributed by atoms with Crippen LogP contribution in [0.25, 0.3) is 22.3 Å². The van der Waals surface area contributed by atoms with Gasteiger partial charge in [0, 0.05) is 105 Å². The van der Waals surface area contributed by atoms with Gasteiger partial charge in [0.25, 0.3) is 0 Å². The molecule has 4 aliphatic heterocycles. The first-order chi connectivity index (χ1) is 33.1. The summed E-state index contributed by atoms with van der Waals surface area (Å²) in [7, 11) is -5.09. The minimum atomic E-state index is -2.35. The Morgan fingerprint density at radius 3 is 2.00 bits per heavy atom. The van der Waals surface area contributed by atoms with Crippen LogP contribution in [0.3, 0.4) is 0 Å². The molecule has 3 atom stereocenters. The molecule has 3 N–H and O–H groups in total. The van der Waals surface area contributed by atoms with Crippen LogP contribution in [0.5, 0.6) is 0 Å². The van der Waals surface area contributed by atoms with Crippen molar-refractivity contribution in [1.29, 1.82) is 5.41 Å². The highest BCUT2D eigenvalue weighted by Gasteiger charge is 2.52. The number of rotatable bonds is 9. The number of fused-ring (bicyclic) bond motifs is 1. The third kappa shape index (κ3) is 13.6. The Morgan fingerprint density at radius 2 is 1.43 bits per heavy atom. The van der Waals surface area contributed by atoms with Crippen LogP contribution in [0, 0.1) is 5.41 Å². The monoisotopic (exact) mass is 1020 g/mol. The van der Waals surface area contributed by atoms with Gasteiger partial charge in [-0.25, -0.2) is 23.4 Å². The van der Waals surface area contributed by atoms with Crippen LogP contribution in [-0.4, -0.2) is 153 Å². The van der Waals surface area contributed by atoms with Gasteiger partial charge in [-0.15, -0.1) is 0 Å². The minimum Gasteiger partial charge on any atom is -0.399 e. The quantitative estimate of drug-likeness (QED) is 0.0751. The number of nitrogens with zero attached hydrogens (tertiary/aromatic N) is 9. The first-order valence-corrected chi connectivity index (χ1v) is 28.4. The summed E-state index contributed by atoms with van der Waals surface area (Å²) in [5, 5.41) is 19.4. The maximum Gasteiger partial charge on any atom is 0.495 e. The molecular weight excluding hydrogens is 955 g/mol. The molecule has 70 heavy (non-hydrogen) atoms. The van der Waals surface area contributed by atoms with Crippen molar-refractivity contribution < 1.29 is 31.9 Å². The van der Waals surface area contributed by atoms with Crippen LogP contribution in [0.1, 0.15) is 66.4 Å². The average molecular weight is 1020 g/mol. The molecule has 2 aromatic carbocycles. The van der Waals surface area contributed by atoms with Gasteiger partial charge < -0.3 is 44.0 Å². The highest BCUT2D eigenvalue weighted by molar-refractivity contribution is 7.92. The van der Waals surface area contributed by atoms with Crippen LogP contribution in [-0.2, 0) is 43.0 Å². The largest absolute Gasteiger partial charge is 0.495 e. The number of nitrogens with one attached hydrogen (secondary N) is 3. The highest BCUT2D eigenvalue weighted by atomic mass is 35.5. The van der Waals surface area contributed by atoms with E-state index >= 15 is 0 Å². The van der Waals surface area contributed by atoms with Crippen molar-refractivity contribution in [2.75, 3.05) is 86.3 Å². The number of benzene rings is 2. The molecule has 4 fully saturated rings. The van der Waals surface area contributed by atoms with Crippen LogP contribution in [0.4, 0.5) is 29.0 Å². The Labute approximate surface area is 417 Å². The van der Waals surface area contributed by atoms with Gasteiger partial charge in [-0.1, -0.05) is 24.3 Å². The van der Waals surface area contributed by atoms with E-state index in [2.05, 4.69) is 62.8 Å². The third-order valence-electron chi connectivity index (χ3n) is 12.3. The Kier molecular flexibility index (Phi) is 16.9. The second-order valence-corrected chi connectivity index (χ2v) is 24.6. The molecule has 5 aromatic rings. The lowest BCUT2D eigenvalue weighted by Crippen LogP contribution is -2.44. The number of anilines is 3. The zero-order valence-electron chi connectivity index (χ0n) is 41.7. The Hall–Kier alpha value is -4.81. The van der Waals surface area contributed by atoms with E-state index in [9.17, 15) is 8.42 Å². The molecule has 0 saturated carbocycles. The number of hydrogen-bond acceptors (Lipinski definition) is 18. The smallest absolute Gasteiger partial charge is 0.399 e. The van der Waals surface area contributed by atoms with Crippen LogP contribution >= 0.6 is 11.6 Å². The molecule has 1 unspecified atom stereocenters. The van der Waals surface area contributed by atoms with Crippen molar-refractivity contribution in [1.82, 2.24) is 30.1 Å². The fraction of sp³-hybridized carbons (Fsp3) is 0.532. The van der Waals surface area contributed by atoms with Crippen LogP contribution in [0.2, 0.25) is 5.28 Å². The summed E-state index contributed by atoms with van der Waals surface area (Å²) >= 11 is 5.91. The second-order valence-electron chi connectivity index (χ2n) is 19.2.